The van der Waals surface area contributed by atoms with Gasteiger partial charge in [0, 0.05) is 11.8 Å². The monoisotopic (exact) mass is 531 g/mol. The summed E-state index contributed by atoms with van der Waals surface area (Å²) < 4.78 is 24.0. The van der Waals surface area contributed by atoms with E-state index in [1.54, 1.807) is 6.07 Å². The number of carbonyl (C=O) groups is 3. The third-order valence-corrected chi connectivity index (χ3v) is 6.14. The van der Waals surface area contributed by atoms with E-state index in [0.29, 0.717) is 17.5 Å². The van der Waals surface area contributed by atoms with Crippen LogP contribution in [-0.4, -0.2) is 40.5 Å². The van der Waals surface area contributed by atoms with Gasteiger partial charge in [0.2, 0.25) is 5.91 Å². The molecule has 1 N–H and O–H groups in total. The normalized spacial score (nSPS) is 14.4. The molecule has 0 bridgehead atoms. The molecule has 10 nitrogen and oxygen atoms in total. The van der Waals surface area contributed by atoms with Crippen LogP contribution in [-0.2, 0) is 9.59 Å². The lowest BCUT2D eigenvalue weighted by molar-refractivity contribution is -0.384. The number of hydrogen-bond acceptors (Lipinski definition) is 8. The molecule has 2 aromatic carbocycles. The fraction of sp³-hybridized carbons (Fsp3) is 0.0870. The second-order valence-corrected chi connectivity index (χ2v) is 8.69. The van der Waals surface area contributed by atoms with E-state index < -0.39 is 34.3 Å². The number of furan rings is 1. The fourth-order valence-electron chi connectivity index (χ4n) is 3.26. The van der Waals surface area contributed by atoms with Crippen molar-refractivity contribution >= 4 is 57.9 Å². The van der Waals surface area contributed by atoms with Crippen molar-refractivity contribution in [3.63, 3.8) is 0 Å². The van der Waals surface area contributed by atoms with Gasteiger partial charge in [0.25, 0.3) is 16.8 Å². The molecule has 1 fully saturated rings. The van der Waals surface area contributed by atoms with Crippen LogP contribution in [0.4, 0.5) is 20.6 Å². The van der Waals surface area contributed by atoms with Gasteiger partial charge in [-0.2, -0.15) is 0 Å². The highest BCUT2D eigenvalue weighted by Crippen LogP contribution is 2.36. The number of nitro benzene ring substituents is 1. The molecule has 1 aliphatic heterocycles. The lowest BCUT2D eigenvalue weighted by atomic mass is 10.1. The maximum absolute atomic E-state index is 13.3. The maximum atomic E-state index is 13.3. The maximum Gasteiger partial charge on any atom is 0.294 e. The SMILES string of the molecule is COc1ccc(-c2ccc(/C=C3/SC(=O)N(CC(=O)Nc4ccc(F)c(Cl)c4)C3=O)o2)c([N+](=O)[O-])c1. The molecule has 4 rings (SSSR count). The van der Waals surface area contributed by atoms with Crippen LogP contribution in [0.3, 0.4) is 0 Å². The zero-order valence-corrected chi connectivity index (χ0v) is 19.9. The first-order chi connectivity index (χ1) is 17.2. The average molecular weight is 532 g/mol. The van der Waals surface area contributed by atoms with E-state index >= 15 is 0 Å². The number of hydrogen-bond donors (Lipinski definition) is 1. The molecule has 13 heteroatoms. The quantitative estimate of drug-likeness (QED) is 0.246. The Balaban J connectivity index is 1.49. The summed E-state index contributed by atoms with van der Waals surface area (Å²) in [6, 6.07) is 10.8. The number of nitrogens with one attached hydrogen (secondary N) is 1. The molecule has 0 saturated carbocycles. The summed E-state index contributed by atoms with van der Waals surface area (Å²) in [6.45, 7) is -0.571. The smallest absolute Gasteiger partial charge is 0.294 e. The summed E-state index contributed by atoms with van der Waals surface area (Å²) in [5, 5.41) is 13.0. The van der Waals surface area contributed by atoms with Crippen molar-refractivity contribution in [1.82, 2.24) is 4.90 Å². The molecule has 184 valence electrons. The van der Waals surface area contributed by atoms with Crippen molar-refractivity contribution in [2.45, 2.75) is 0 Å². The van der Waals surface area contributed by atoms with Crippen molar-refractivity contribution in [3.8, 4) is 17.1 Å². The summed E-state index contributed by atoms with van der Waals surface area (Å²) in [5.41, 5.74) is 0.166. The van der Waals surface area contributed by atoms with Gasteiger partial charge in [-0.1, -0.05) is 11.6 Å². The Kier molecular flexibility index (Phi) is 7.08. The molecular weight excluding hydrogens is 517 g/mol. The highest BCUT2D eigenvalue weighted by Gasteiger charge is 2.36. The zero-order chi connectivity index (χ0) is 26.0. The first kappa shape index (κ1) is 24.9. The number of ether oxygens (including phenoxy) is 1. The summed E-state index contributed by atoms with van der Waals surface area (Å²) in [7, 11) is 1.39. The van der Waals surface area contributed by atoms with Gasteiger partial charge in [-0.05, 0) is 54.2 Å². The number of imide groups is 1. The average Bonchev–Trinajstić information content (AvgIpc) is 3.41. The van der Waals surface area contributed by atoms with Crippen LogP contribution < -0.4 is 10.1 Å². The Morgan fingerprint density at radius 3 is 2.72 bits per heavy atom. The fourth-order valence-corrected chi connectivity index (χ4v) is 4.26. The number of carbonyl (C=O) groups excluding carboxylic acids is 3. The molecular formula is C23H15ClFN3O7S. The molecule has 1 saturated heterocycles. The molecule has 1 aliphatic rings. The molecule has 0 spiro atoms. The summed E-state index contributed by atoms with van der Waals surface area (Å²) >= 11 is 6.30. The molecule has 1 aromatic heterocycles. The van der Waals surface area contributed by atoms with Crippen molar-refractivity contribution in [2.24, 2.45) is 0 Å². The Hall–Kier alpha value is -4.16. The molecule has 0 unspecified atom stereocenters. The minimum Gasteiger partial charge on any atom is -0.497 e. The molecule has 36 heavy (non-hydrogen) atoms. The van der Waals surface area contributed by atoms with Gasteiger partial charge in [0.15, 0.2) is 0 Å². The lowest BCUT2D eigenvalue weighted by Gasteiger charge is -2.12. The van der Waals surface area contributed by atoms with Crippen molar-refractivity contribution < 1.29 is 32.9 Å². The second-order valence-electron chi connectivity index (χ2n) is 7.29. The minimum atomic E-state index is -0.717. The number of thioether (sulfide) groups is 1. The molecule has 0 atom stereocenters. The predicted molar refractivity (Wildman–Crippen MR) is 130 cm³/mol. The third kappa shape index (κ3) is 5.24. The van der Waals surface area contributed by atoms with Crippen LogP contribution in [0.2, 0.25) is 5.02 Å². The van der Waals surface area contributed by atoms with Crippen LogP contribution in [0.5, 0.6) is 5.75 Å². The van der Waals surface area contributed by atoms with Gasteiger partial charge in [-0.25, -0.2) is 4.39 Å². The number of halogens is 2. The van der Waals surface area contributed by atoms with Crippen LogP contribution in [0.25, 0.3) is 17.4 Å². The summed E-state index contributed by atoms with van der Waals surface area (Å²) in [5.74, 6) is -1.41. The molecule has 3 aromatic rings. The summed E-state index contributed by atoms with van der Waals surface area (Å²) in [6.07, 6.45) is 1.31. The topological polar surface area (TPSA) is 132 Å². The number of methoxy groups -OCH3 is 1. The molecule has 3 amide bonds. The van der Waals surface area contributed by atoms with Gasteiger partial charge in [0.1, 0.15) is 29.6 Å². The van der Waals surface area contributed by atoms with E-state index in [-0.39, 0.29) is 38.4 Å². The van der Waals surface area contributed by atoms with E-state index in [2.05, 4.69) is 5.32 Å². The van der Waals surface area contributed by atoms with Crippen LogP contribution in [0.15, 0.2) is 57.9 Å². The van der Waals surface area contributed by atoms with Gasteiger partial charge in [-0.15, -0.1) is 0 Å². The highest BCUT2D eigenvalue weighted by molar-refractivity contribution is 8.18. The van der Waals surface area contributed by atoms with E-state index in [1.165, 1.54) is 49.6 Å². The summed E-state index contributed by atoms with van der Waals surface area (Å²) in [4.78, 5) is 49.0. The van der Waals surface area contributed by atoms with Gasteiger partial charge < -0.3 is 14.5 Å². The highest BCUT2D eigenvalue weighted by atomic mass is 35.5. The number of anilines is 1. The first-order valence-electron chi connectivity index (χ1n) is 10.1. The Labute approximate surface area is 211 Å². The molecule has 0 aliphatic carbocycles. The van der Waals surface area contributed by atoms with Crippen molar-refractivity contribution in [2.75, 3.05) is 19.0 Å². The van der Waals surface area contributed by atoms with Gasteiger partial charge in [-0.3, -0.25) is 29.4 Å². The van der Waals surface area contributed by atoms with Gasteiger partial charge >= 0.3 is 0 Å². The second kappa shape index (κ2) is 10.2. The molecule has 0 radical (unpaired) electrons. The Morgan fingerprint density at radius 1 is 1.25 bits per heavy atom. The van der Waals surface area contributed by atoms with E-state index in [1.807, 2.05) is 0 Å². The van der Waals surface area contributed by atoms with E-state index in [4.69, 9.17) is 20.8 Å². The number of amides is 3. The van der Waals surface area contributed by atoms with Crippen LogP contribution in [0.1, 0.15) is 5.76 Å². The van der Waals surface area contributed by atoms with Crippen molar-refractivity contribution in [1.29, 1.82) is 0 Å². The van der Waals surface area contributed by atoms with Crippen LogP contribution >= 0.6 is 23.4 Å². The molecule has 2 heterocycles. The number of nitro groups is 1. The third-order valence-electron chi connectivity index (χ3n) is 4.95. The first-order valence-corrected chi connectivity index (χ1v) is 11.3. The Morgan fingerprint density at radius 2 is 2.03 bits per heavy atom. The van der Waals surface area contributed by atoms with E-state index in [9.17, 15) is 28.9 Å². The standard InChI is InChI=1S/C23H15ClFN3O7S/c1-34-13-3-5-15(18(9-13)28(32)33)19-7-4-14(35-19)10-20-22(30)27(23(31)36-20)11-21(29)26-12-2-6-17(25)16(24)8-12/h2-10H,11H2,1H3,(H,26,29)/b20-10+. The van der Waals surface area contributed by atoms with E-state index in [0.717, 1.165) is 11.0 Å². The predicted octanol–water partition coefficient (Wildman–Crippen LogP) is 5.33. The number of benzene rings is 2. The zero-order valence-electron chi connectivity index (χ0n) is 18.3. The Bertz CT molecular complexity index is 1440. The minimum absolute atomic E-state index is 0.00255. The van der Waals surface area contributed by atoms with Crippen molar-refractivity contribution in [3.05, 3.63) is 80.2 Å². The largest absolute Gasteiger partial charge is 0.497 e. The number of rotatable bonds is 7. The van der Waals surface area contributed by atoms with Gasteiger partial charge in [0.05, 0.1) is 33.6 Å². The number of nitrogens with zero attached hydrogens (tertiary/aromatic N) is 2. The lowest BCUT2D eigenvalue weighted by Crippen LogP contribution is -2.36. The van der Waals surface area contributed by atoms with Crippen LogP contribution in [0, 0.1) is 15.9 Å².